The topological polar surface area (TPSA) is 51.0 Å². The van der Waals surface area contributed by atoms with Gasteiger partial charge in [-0.25, -0.2) is 0 Å². The van der Waals surface area contributed by atoms with Crippen LogP contribution in [0.1, 0.15) is 45.1 Å². The van der Waals surface area contributed by atoms with Gasteiger partial charge < -0.3 is 9.73 Å². The van der Waals surface area contributed by atoms with Gasteiger partial charge >= 0.3 is 0 Å². The fourth-order valence-electron chi connectivity index (χ4n) is 3.02. The molecule has 0 spiro atoms. The van der Waals surface area contributed by atoms with Gasteiger partial charge in [0.2, 0.25) is 12.3 Å². The summed E-state index contributed by atoms with van der Waals surface area (Å²) in [7, 11) is 0. The first-order valence-corrected chi connectivity index (χ1v) is 7.67. The van der Waals surface area contributed by atoms with E-state index in [1.807, 2.05) is 6.07 Å². The number of nitrogens with zero attached hydrogens (tertiary/aromatic N) is 2. The lowest BCUT2D eigenvalue weighted by Crippen LogP contribution is -2.30. The Labute approximate surface area is 126 Å². The van der Waals surface area contributed by atoms with Crippen molar-refractivity contribution in [3.8, 4) is 11.5 Å². The van der Waals surface area contributed by atoms with E-state index in [2.05, 4.69) is 48.4 Å². The molecule has 0 radical (unpaired) electrons. The predicted molar refractivity (Wildman–Crippen MR) is 84.1 cm³/mol. The van der Waals surface area contributed by atoms with E-state index in [0.717, 1.165) is 5.56 Å². The number of hydrogen-bond donors (Lipinski definition) is 1. The van der Waals surface area contributed by atoms with Crippen LogP contribution in [0.4, 0.5) is 5.69 Å². The SMILES string of the molecule is Cc1cc(-c2nnco2)ccc1NC1CCC(C)(C)CC1. The van der Waals surface area contributed by atoms with Crippen molar-refractivity contribution in [3.63, 3.8) is 0 Å². The summed E-state index contributed by atoms with van der Waals surface area (Å²) in [6.45, 7) is 6.86. The Kier molecular flexibility index (Phi) is 3.70. The van der Waals surface area contributed by atoms with Crippen LogP contribution in [-0.4, -0.2) is 16.2 Å². The predicted octanol–water partition coefficient (Wildman–Crippen LogP) is 4.43. The molecule has 1 aromatic carbocycles. The molecule has 1 N–H and O–H groups in total. The number of rotatable bonds is 3. The molecule has 1 fully saturated rings. The van der Waals surface area contributed by atoms with Crippen molar-refractivity contribution in [2.45, 2.75) is 52.5 Å². The molecule has 1 aliphatic carbocycles. The van der Waals surface area contributed by atoms with E-state index in [4.69, 9.17) is 4.42 Å². The quantitative estimate of drug-likeness (QED) is 0.906. The minimum Gasteiger partial charge on any atom is -0.423 e. The van der Waals surface area contributed by atoms with Crippen LogP contribution >= 0.6 is 0 Å². The van der Waals surface area contributed by atoms with E-state index in [9.17, 15) is 0 Å². The van der Waals surface area contributed by atoms with Crippen molar-refractivity contribution >= 4 is 5.69 Å². The summed E-state index contributed by atoms with van der Waals surface area (Å²) in [5.41, 5.74) is 3.91. The lowest BCUT2D eigenvalue weighted by Gasteiger charge is -2.35. The molecule has 0 saturated heterocycles. The number of hydrogen-bond acceptors (Lipinski definition) is 4. The van der Waals surface area contributed by atoms with Crippen LogP contribution in [0.25, 0.3) is 11.5 Å². The molecule has 1 aliphatic rings. The largest absolute Gasteiger partial charge is 0.423 e. The molecule has 21 heavy (non-hydrogen) atoms. The third kappa shape index (κ3) is 3.26. The molecule has 0 atom stereocenters. The van der Waals surface area contributed by atoms with Gasteiger partial charge in [-0.3, -0.25) is 0 Å². The monoisotopic (exact) mass is 285 g/mol. The highest BCUT2D eigenvalue weighted by atomic mass is 16.4. The number of aromatic nitrogens is 2. The van der Waals surface area contributed by atoms with Gasteiger partial charge in [-0.1, -0.05) is 13.8 Å². The van der Waals surface area contributed by atoms with Crippen LogP contribution in [-0.2, 0) is 0 Å². The minimum absolute atomic E-state index is 0.509. The van der Waals surface area contributed by atoms with Crippen molar-refractivity contribution in [1.29, 1.82) is 0 Å². The molecular formula is C17H23N3O. The van der Waals surface area contributed by atoms with Crippen molar-refractivity contribution in [2.75, 3.05) is 5.32 Å². The Morgan fingerprint density at radius 1 is 1.24 bits per heavy atom. The molecular weight excluding hydrogens is 262 g/mol. The third-order valence-corrected chi connectivity index (χ3v) is 4.53. The van der Waals surface area contributed by atoms with E-state index >= 15 is 0 Å². The fourth-order valence-corrected chi connectivity index (χ4v) is 3.02. The standard InChI is InChI=1S/C17H23N3O/c1-12-10-13(16-20-18-11-21-16)4-5-15(12)19-14-6-8-17(2,3)9-7-14/h4-5,10-11,14,19H,6-9H2,1-3H3. The first-order chi connectivity index (χ1) is 10.0. The third-order valence-electron chi connectivity index (χ3n) is 4.53. The molecule has 1 heterocycles. The Morgan fingerprint density at radius 2 is 2.00 bits per heavy atom. The van der Waals surface area contributed by atoms with E-state index in [1.54, 1.807) is 0 Å². The summed E-state index contributed by atoms with van der Waals surface area (Å²) in [5.74, 6) is 0.573. The Balaban J connectivity index is 1.69. The summed E-state index contributed by atoms with van der Waals surface area (Å²) in [5, 5.41) is 11.4. The van der Waals surface area contributed by atoms with Crippen LogP contribution in [0.15, 0.2) is 29.0 Å². The maximum absolute atomic E-state index is 5.24. The summed E-state index contributed by atoms with van der Waals surface area (Å²) in [6, 6.07) is 6.85. The zero-order chi connectivity index (χ0) is 14.9. The van der Waals surface area contributed by atoms with Gasteiger partial charge in [-0.05, 0) is 61.8 Å². The summed E-state index contributed by atoms with van der Waals surface area (Å²) in [4.78, 5) is 0. The summed E-state index contributed by atoms with van der Waals surface area (Å²) in [6.07, 6.45) is 6.45. The van der Waals surface area contributed by atoms with Gasteiger partial charge in [0.05, 0.1) is 0 Å². The van der Waals surface area contributed by atoms with Gasteiger partial charge in [0.25, 0.3) is 0 Å². The molecule has 4 nitrogen and oxygen atoms in total. The first kappa shape index (κ1) is 14.1. The Morgan fingerprint density at radius 3 is 2.62 bits per heavy atom. The molecule has 0 aliphatic heterocycles. The van der Waals surface area contributed by atoms with E-state index in [-0.39, 0.29) is 0 Å². The van der Waals surface area contributed by atoms with Gasteiger partial charge in [0.1, 0.15) is 0 Å². The number of benzene rings is 1. The average molecular weight is 285 g/mol. The van der Waals surface area contributed by atoms with Crippen molar-refractivity contribution < 1.29 is 4.42 Å². The summed E-state index contributed by atoms with van der Waals surface area (Å²) >= 11 is 0. The maximum Gasteiger partial charge on any atom is 0.247 e. The van der Waals surface area contributed by atoms with Crippen LogP contribution in [0, 0.1) is 12.3 Å². The highest BCUT2D eigenvalue weighted by molar-refractivity contribution is 5.62. The lowest BCUT2D eigenvalue weighted by atomic mass is 9.75. The molecule has 1 saturated carbocycles. The molecule has 0 bridgehead atoms. The van der Waals surface area contributed by atoms with Crippen molar-refractivity contribution in [1.82, 2.24) is 10.2 Å². The van der Waals surface area contributed by atoms with E-state index in [0.29, 0.717) is 17.3 Å². The average Bonchev–Trinajstić information content (AvgIpc) is 2.97. The first-order valence-electron chi connectivity index (χ1n) is 7.67. The van der Waals surface area contributed by atoms with Crippen LogP contribution in [0.2, 0.25) is 0 Å². The highest BCUT2D eigenvalue weighted by Crippen LogP contribution is 2.36. The Hall–Kier alpha value is -1.84. The minimum atomic E-state index is 0.509. The van der Waals surface area contributed by atoms with E-state index in [1.165, 1.54) is 43.3 Å². The molecule has 0 unspecified atom stereocenters. The zero-order valence-electron chi connectivity index (χ0n) is 13.0. The highest BCUT2D eigenvalue weighted by Gasteiger charge is 2.26. The number of anilines is 1. The summed E-state index contributed by atoms with van der Waals surface area (Å²) < 4.78 is 5.24. The van der Waals surface area contributed by atoms with Gasteiger partial charge in [0, 0.05) is 17.3 Å². The molecule has 2 aromatic rings. The molecule has 4 heteroatoms. The van der Waals surface area contributed by atoms with Crippen LogP contribution < -0.4 is 5.32 Å². The number of aryl methyl sites for hydroxylation is 1. The number of nitrogens with one attached hydrogen (secondary N) is 1. The zero-order valence-corrected chi connectivity index (χ0v) is 13.0. The normalized spacial score (nSPS) is 18.6. The van der Waals surface area contributed by atoms with Crippen LogP contribution in [0.5, 0.6) is 0 Å². The second-order valence-electron chi connectivity index (χ2n) is 6.86. The van der Waals surface area contributed by atoms with Gasteiger partial charge in [0.15, 0.2) is 0 Å². The maximum atomic E-state index is 5.24. The van der Waals surface area contributed by atoms with Crippen LogP contribution in [0.3, 0.4) is 0 Å². The molecule has 112 valence electrons. The van der Waals surface area contributed by atoms with Gasteiger partial charge in [-0.2, -0.15) is 0 Å². The van der Waals surface area contributed by atoms with Crippen molar-refractivity contribution in [2.24, 2.45) is 5.41 Å². The second kappa shape index (κ2) is 5.51. The molecule has 3 rings (SSSR count). The smallest absolute Gasteiger partial charge is 0.247 e. The lowest BCUT2D eigenvalue weighted by molar-refractivity contribution is 0.232. The second-order valence-corrected chi connectivity index (χ2v) is 6.86. The fraction of sp³-hybridized carbons (Fsp3) is 0.529. The Bertz CT molecular complexity index is 595. The van der Waals surface area contributed by atoms with E-state index < -0.39 is 0 Å². The van der Waals surface area contributed by atoms with Crippen molar-refractivity contribution in [3.05, 3.63) is 30.2 Å². The molecule has 1 aromatic heterocycles. The molecule has 0 amide bonds. The van der Waals surface area contributed by atoms with Gasteiger partial charge in [-0.15, -0.1) is 10.2 Å².